The predicted octanol–water partition coefficient (Wildman–Crippen LogP) is 3.35. The molecule has 12 aliphatic carbocycles. The highest BCUT2D eigenvalue weighted by atomic mass is 15.3. The van der Waals surface area contributed by atoms with Gasteiger partial charge in [0.05, 0.1) is 0 Å². The summed E-state index contributed by atoms with van der Waals surface area (Å²) < 4.78 is 0. The highest BCUT2D eigenvalue weighted by Crippen LogP contribution is 3.27. The molecule has 10 fully saturated rings. The van der Waals surface area contributed by atoms with E-state index in [1.807, 2.05) is 5.57 Å². The number of fused-ring (bicyclic) bond motifs is 8. The Hall–Kier alpha value is -0.260. The smallest absolute Gasteiger partial charge is 0.00208 e. The van der Waals surface area contributed by atoms with Crippen LogP contribution < -0.4 is 0 Å². The first-order valence-electron chi connectivity index (χ1n) is 10.6. The molecule has 108 valence electrons. The van der Waals surface area contributed by atoms with Crippen LogP contribution >= 0.6 is 0 Å². The van der Waals surface area contributed by atoms with Crippen molar-refractivity contribution < 1.29 is 0 Å². The lowest BCUT2D eigenvalue weighted by Gasteiger charge is -3.26. The minimum Gasteiger partial charge on any atom is -0.0779 e. The fourth-order valence-electron chi connectivity index (χ4n) is 16.7. The summed E-state index contributed by atoms with van der Waals surface area (Å²) in [5.74, 6) is 14.1. The molecule has 22 heavy (non-hydrogen) atoms. The monoisotopic (exact) mass is 284 g/mol. The summed E-state index contributed by atoms with van der Waals surface area (Å²) in [4.78, 5) is 0. The zero-order valence-corrected chi connectivity index (χ0v) is 12.8. The minimum atomic E-state index is 0.866. The molecule has 10 atom stereocenters. The molecule has 0 aromatic heterocycles. The van der Waals surface area contributed by atoms with Crippen LogP contribution in [0.1, 0.15) is 25.7 Å². The summed E-state index contributed by atoms with van der Waals surface area (Å²) in [6.07, 6.45) is 9.51. The molecule has 0 N–H and O–H groups in total. The van der Waals surface area contributed by atoms with E-state index in [2.05, 4.69) is 6.08 Å². The molecular weight excluding hydrogens is 264 g/mol. The van der Waals surface area contributed by atoms with E-state index in [0.717, 1.165) is 27.1 Å². The summed E-state index contributed by atoms with van der Waals surface area (Å²) in [6.45, 7) is 0. The normalized spacial score (nSPS) is 104. The summed E-state index contributed by atoms with van der Waals surface area (Å²) >= 11 is 0. The van der Waals surface area contributed by atoms with Crippen molar-refractivity contribution in [2.24, 2.45) is 92.2 Å². The van der Waals surface area contributed by atoms with Crippen molar-refractivity contribution in [1.82, 2.24) is 0 Å². The number of rotatable bonds is 0. The van der Waals surface area contributed by atoms with Gasteiger partial charge in [0.15, 0.2) is 0 Å². The standard InChI is InChI=1S/C22H20/c1-6-2-9-13-17-15-11-4-7-3-10-14-16-12-8(1)18(9,5-6)20(12,13)22(16,17)21(14,15)19(7,10)11/h5,7-17H,1-4H2. The van der Waals surface area contributed by atoms with E-state index < -0.39 is 0 Å². The van der Waals surface area contributed by atoms with Gasteiger partial charge in [0.25, 0.3) is 0 Å². The Morgan fingerprint density at radius 2 is 1.32 bits per heavy atom. The molecule has 10 saturated carbocycles. The first-order chi connectivity index (χ1) is 10.9. The fourth-order valence-corrected chi connectivity index (χ4v) is 16.7. The molecule has 0 aromatic rings. The van der Waals surface area contributed by atoms with Crippen molar-refractivity contribution in [3.63, 3.8) is 0 Å². The van der Waals surface area contributed by atoms with Gasteiger partial charge < -0.3 is 0 Å². The van der Waals surface area contributed by atoms with Gasteiger partial charge in [-0.05, 0) is 112 Å². The molecule has 0 aromatic carbocycles. The largest absolute Gasteiger partial charge is 0.0779 e. The van der Waals surface area contributed by atoms with Crippen molar-refractivity contribution >= 4 is 0 Å². The molecule has 10 unspecified atom stereocenters. The third-order valence-electron chi connectivity index (χ3n) is 14.9. The molecule has 0 heterocycles. The first-order valence-corrected chi connectivity index (χ1v) is 10.6. The molecule has 0 amide bonds. The van der Waals surface area contributed by atoms with E-state index in [1.54, 1.807) is 25.7 Å². The van der Waals surface area contributed by atoms with Crippen LogP contribution in [-0.4, -0.2) is 0 Å². The van der Waals surface area contributed by atoms with Crippen molar-refractivity contribution in [2.45, 2.75) is 25.7 Å². The highest BCUT2D eigenvalue weighted by molar-refractivity contribution is 5.72. The van der Waals surface area contributed by atoms with Gasteiger partial charge in [0.1, 0.15) is 0 Å². The molecule has 0 aliphatic heterocycles. The second-order valence-electron chi connectivity index (χ2n) is 12.4. The van der Waals surface area contributed by atoms with E-state index in [1.165, 1.54) is 65.1 Å². The van der Waals surface area contributed by atoms with Gasteiger partial charge in [-0.25, -0.2) is 0 Å². The van der Waals surface area contributed by atoms with Crippen LogP contribution in [0.25, 0.3) is 0 Å². The number of allylic oxidation sites excluding steroid dienone is 2. The van der Waals surface area contributed by atoms with E-state index in [9.17, 15) is 0 Å². The molecule has 2 bridgehead atoms. The van der Waals surface area contributed by atoms with Gasteiger partial charge in [-0.15, -0.1) is 0 Å². The van der Waals surface area contributed by atoms with Crippen molar-refractivity contribution in [3.05, 3.63) is 11.6 Å². The molecule has 0 nitrogen and oxygen atoms in total. The van der Waals surface area contributed by atoms with Crippen LogP contribution in [0.3, 0.4) is 0 Å². The second kappa shape index (κ2) is 1.62. The molecular formula is C22H20. The lowest BCUT2D eigenvalue weighted by Crippen LogP contribution is -3.23. The van der Waals surface area contributed by atoms with E-state index in [-0.39, 0.29) is 0 Å². The maximum absolute atomic E-state index is 2.94. The highest BCUT2D eigenvalue weighted by Gasteiger charge is 3.24. The Bertz CT molecular complexity index is 868. The van der Waals surface area contributed by atoms with Gasteiger partial charge in [-0.1, -0.05) is 11.6 Å². The van der Waals surface area contributed by atoms with Crippen molar-refractivity contribution in [1.29, 1.82) is 0 Å². The minimum absolute atomic E-state index is 0.866. The van der Waals surface area contributed by atoms with Crippen LogP contribution in [0.2, 0.25) is 0 Å². The molecule has 0 heteroatoms. The van der Waals surface area contributed by atoms with Crippen LogP contribution in [0.4, 0.5) is 0 Å². The quantitative estimate of drug-likeness (QED) is 0.598. The van der Waals surface area contributed by atoms with Crippen LogP contribution in [-0.2, 0) is 0 Å². The zero-order chi connectivity index (χ0) is 13.0. The summed E-state index contributed by atoms with van der Waals surface area (Å²) in [5, 5.41) is 0. The Morgan fingerprint density at radius 1 is 0.682 bits per heavy atom. The van der Waals surface area contributed by atoms with Crippen LogP contribution in [0, 0.1) is 92.2 Å². The Balaban J connectivity index is 1.24. The number of hydrogen-bond acceptors (Lipinski definition) is 0. The Labute approximate surface area is 130 Å². The van der Waals surface area contributed by atoms with Crippen LogP contribution in [0.15, 0.2) is 11.6 Å². The Morgan fingerprint density at radius 3 is 1.95 bits per heavy atom. The zero-order valence-electron chi connectivity index (χ0n) is 12.8. The van der Waals surface area contributed by atoms with E-state index in [0.29, 0.717) is 0 Å². The molecule has 0 saturated heterocycles. The van der Waals surface area contributed by atoms with Gasteiger partial charge in [-0.2, -0.15) is 0 Å². The average Bonchev–Trinajstić information content (AvgIpc) is 2.92. The van der Waals surface area contributed by atoms with Gasteiger partial charge in [-0.3, -0.25) is 0 Å². The maximum atomic E-state index is 2.94. The third-order valence-corrected chi connectivity index (χ3v) is 14.9. The topological polar surface area (TPSA) is 0 Å². The summed E-state index contributed by atoms with van der Waals surface area (Å²) in [5.41, 5.74) is 6.98. The van der Waals surface area contributed by atoms with Gasteiger partial charge in [0.2, 0.25) is 0 Å². The maximum Gasteiger partial charge on any atom is 0.00208 e. The first kappa shape index (κ1) is 8.72. The average molecular weight is 284 g/mol. The molecule has 12 rings (SSSR count). The van der Waals surface area contributed by atoms with E-state index >= 15 is 0 Å². The van der Waals surface area contributed by atoms with Gasteiger partial charge >= 0.3 is 0 Å². The third kappa shape index (κ3) is 0.290. The second-order valence-corrected chi connectivity index (χ2v) is 12.4. The lowest BCUT2D eigenvalue weighted by atomic mass is 8.78. The molecule has 5 spiro atoms. The van der Waals surface area contributed by atoms with Gasteiger partial charge in [0, 0.05) is 5.41 Å². The van der Waals surface area contributed by atoms with Crippen molar-refractivity contribution in [2.75, 3.05) is 0 Å². The Kier molecular flexibility index (Phi) is 0.640. The summed E-state index contributed by atoms with van der Waals surface area (Å²) in [6, 6.07) is 0. The summed E-state index contributed by atoms with van der Waals surface area (Å²) in [7, 11) is 0. The fraction of sp³-hybridized carbons (Fsp3) is 0.909. The van der Waals surface area contributed by atoms with Crippen molar-refractivity contribution in [3.8, 4) is 0 Å². The lowest BCUT2D eigenvalue weighted by molar-refractivity contribution is -0.798. The van der Waals surface area contributed by atoms with E-state index in [4.69, 9.17) is 0 Å². The number of hydrogen-bond donors (Lipinski definition) is 0. The predicted molar refractivity (Wildman–Crippen MR) is 77.1 cm³/mol. The van der Waals surface area contributed by atoms with Crippen LogP contribution in [0.5, 0.6) is 0 Å². The molecule has 12 aliphatic rings. The SMILES string of the molecule is C1=C2CC3C4C5C6C7CC8CC9C%10C%11C%12C(C2)C13C4%12C5%11C6%10C879. The molecule has 0 radical (unpaired) electrons.